The average molecular weight is 322 g/mol. The fraction of sp³-hybridized carbons (Fsp3) is 0.632. The van der Waals surface area contributed by atoms with Crippen molar-refractivity contribution in [2.24, 2.45) is 5.92 Å². The Bertz CT molecular complexity index is 468. The van der Waals surface area contributed by atoms with Gasteiger partial charge in [-0.05, 0) is 56.4 Å². The lowest BCUT2D eigenvalue weighted by atomic mass is 9.97. The Morgan fingerprint density at radius 1 is 1.09 bits per heavy atom. The number of aliphatic hydroxyl groups excluding tert-OH is 1. The van der Waals surface area contributed by atoms with E-state index in [0.29, 0.717) is 13.2 Å². The number of carbonyl (C=O) groups excluding carboxylic acids is 1. The second-order valence-corrected chi connectivity index (χ2v) is 6.09. The molecule has 0 aliphatic heterocycles. The molecule has 1 N–H and O–H groups in total. The molecule has 0 bridgehead atoms. The van der Waals surface area contributed by atoms with E-state index in [4.69, 9.17) is 14.6 Å². The molecule has 1 aromatic rings. The van der Waals surface area contributed by atoms with E-state index in [2.05, 4.69) is 0 Å². The molecule has 0 amide bonds. The van der Waals surface area contributed by atoms with E-state index in [1.165, 1.54) is 0 Å². The number of Topliss-reactive ketones (excluding diaryl/α,β-unsaturated/α-hetero) is 1. The van der Waals surface area contributed by atoms with Gasteiger partial charge in [0.1, 0.15) is 5.75 Å². The summed E-state index contributed by atoms with van der Waals surface area (Å²) >= 11 is 0. The van der Waals surface area contributed by atoms with Crippen LogP contribution in [0.2, 0.25) is 0 Å². The van der Waals surface area contributed by atoms with Crippen LogP contribution >= 0.6 is 0 Å². The number of ketones is 1. The van der Waals surface area contributed by atoms with Crippen molar-refractivity contribution < 1.29 is 19.4 Å². The zero-order valence-corrected chi connectivity index (χ0v) is 14.6. The molecule has 1 rings (SSSR count). The standard InChI is InChI=1S/C19H30O4/c1-15(2)19(21)18-9-8-17(14-16(18)3)23-13-7-6-12-22-11-5-4-10-20/h8-9,14-15,20H,4-7,10-13H2,1-3H3. The van der Waals surface area contributed by atoms with Crippen molar-refractivity contribution in [3.05, 3.63) is 29.3 Å². The number of carbonyl (C=O) groups is 1. The monoisotopic (exact) mass is 322 g/mol. The predicted molar refractivity (Wildman–Crippen MR) is 92.2 cm³/mol. The third-order valence-corrected chi connectivity index (χ3v) is 3.64. The van der Waals surface area contributed by atoms with Gasteiger partial charge >= 0.3 is 0 Å². The second kappa shape index (κ2) is 11.2. The Labute approximate surface area is 139 Å². The molecule has 130 valence electrons. The molecule has 0 heterocycles. The van der Waals surface area contributed by atoms with E-state index in [1.54, 1.807) is 0 Å². The van der Waals surface area contributed by atoms with Gasteiger partial charge in [-0.1, -0.05) is 13.8 Å². The Morgan fingerprint density at radius 2 is 1.74 bits per heavy atom. The van der Waals surface area contributed by atoms with E-state index in [9.17, 15) is 4.79 Å². The first-order chi connectivity index (χ1) is 11.1. The van der Waals surface area contributed by atoms with Crippen molar-refractivity contribution in [3.8, 4) is 5.75 Å². The highest BCUT2D eigenvalue weighted by Gasteiger charge is 2.13. The maximum Gasteiger partial charge on any atom is 0.165 e. The minimum Gasteiger partial charge on any atom is -0.494 e. The molecule has 4 nitrogen and oxygen atoms in total. The van der Waals surface area contributed by atoms with Gasteiger partial charge in [-0.3, -0.25) is 4.79 Å². The lowest BCUT2D eigenvalue weighted by Crippen LogP contribution is -2.09. The molecule has 4 heteroatoms. The van der Waals surface area contributed by atoms with Crippen molar-refractivity contribution in [2.45, 2.75) is 46.5 Å². The SMILES string of the molecule is Cc1cc(OCCCCOCCCCO)ccc1C(=O)C(C)C. The van der Waals surface area contributed by atoms with Gasteiger partial charge < -0.3 is 14.6 Å². The molecule has 0 radical (unpaired) electrons. The number of aliphatic hydroxyl groups is 1. The number of hydrogen-bond acceptors (Lipinski definition) is 4. The molecule has 0 saturated carbocycles. The average Bonchev–Trinajstić information content (AvgIpc) is 2.52. The summed E-state index contributed by atoms with van der Waals surface area (Å²) in [5.41, 5.74) is 1.75. The Morgan fingerprint density at radius 3 is 2.35 bits per heavy atom. The van der Waals surface area contributed by atoms with E-state index < -0.39 is 0 Å². The highest BCUT2D eigenvalue weighted by Crippen LogP contribution is 2.20. The van der Waals surface area contributed by atoms with Crippen LogP contribution < -0.4 is 4.74 Å². The van der Waals surface area contributed by atoms with Crippen LogP contribution in [0.15, 0.2) is 18.2 Å². The topological polar surface area (TPSA) is 55.8 Å². The van der Waals surface area contributed by atoms with Crippen molar-refractivity contribution in [3.63, 3.8) is 0 Å². The van der Waals surface area contributed by atoms with Crippen LogP contribution in [-0.2, 0) is 4.74 Å². The quantitative estimate of drug-likeness (QED) is 0.470. The minimum absolute atomic E-state index is 0.0119. The zero-order valence-electron chi connectivity index (χ0n) is 14.6. The lowest BCUT2D eigenvalue weighted by molar-refractivity contribution is 0.0938. The summed E-state index contributed by atoms with van der Waals surface area (Å²) in [5.74, 6) is 0.997. The minimum atomic E-state index is 0.0119. The maximum atomic E-state index is 12.0. The fourth-order valence-corrected chi connectivity index (χ4v) is 2.23. The van der Waals surface area contributed by atoms with Gasteiger partial charge in [0, 0.05) is 31.3 Å². The molecule has 0 spiro atoms. The Hall–Kier alpha value is -1.39. The van der Waals surface area contributed by atoms with Crippen LogP contribution in [0.1, 0.15) is 55.5 Å². The number of hydrogen-bond donors (Lipinski definition) is 1. The van der Waals surface area contributed by atoms with E-state index in [1.807, 2.05) is 39.0 Å². The second-order valence-electron chi connectivity index (χ2n) is 6.09. The Kier molecular flexibility index (Phi) is 9.57. The summed E-state index contributed by atoms with van der Waals surface area (Å²) in [6.07, 6.45) is 3.61. The number of benzene rings is 1. The molecule has 23 heavy (non-hydrogen) atoms. The first kappa shape index (κ1) is 19.7. The van der Waals surface area contributed by atoms with Crippen LogP contribution in [0.4, 0.5) is 0 Å². The van der Waals surface area contributed by atoms with Gasteiger partial charge in [0.25, 0.3) is 0 Å². The molecular weight excluding hydrogens is 292 g/mol. The van der Waals surface area contributed by atoms with Crippen molar-refractivity contribution >= 4 is 5.78 Å². The van der Waals surface area contributed by atoms with Crippen LogP contribution in [0.3, 0.4) is 0 Å². The third-order valence-electron chi connectivity index (χ3n) is 3.64. The predicted octanol–water partition coefficient (Wildman–Crippen LogP) is 3.78. The first-order valence-corrected chi connectivity index (χ1v) is 8.52. The van der Waals surface area contributed by atoms with Gasteiger partial charge in [0.15, 0.2) is 5.78 Å². The summed E-state index contributed by atoms with van der Waals surface area (Å²) < 4.78 is 11.2. The van der Waals surface area contributed by atoms with Gasteiger partial charge in [-0.25, -0.2) is 0 Å². The zero-order chi connectivity index (χ0) is 17.1. The van der Waals surface area contributed by atoms with E-state index in [0.717, 1.165) is 49.2 Å². The summed E-state index contributed by atoms with van der Waals surface area (Å²) in [5, 5.41) is 8.65. The summed E-state index contributed by atoms with van der Waals surface area (Å²) in [7, 11) is 0. The van der Waals surface area contributed by atoms with Crippen molar-refractivity contribution in [1.29, 1.82) is 0 Å². The molecule has 0 aromatic heterocycles. The highest BCUT2D eigenvalue weighted by molar-refractivity contribution is 5.98. The molecule has 0 atom stereocenters. The third kappa shape index (κ3) is 7.62. The van der Waals surface area contributed by atoms with E-state index >= 15 is 0 Å². The van der Waals surface area contributed by atoms with Crippen LogP contribution in [-0.4, -0.2) is 37.3 Å². The largest absolute Gasteiger partial charge is 0.494 e. The van der Waals surface area contributed by atoms with Crippen molar-refractivity contribution in [1.82, 2.24) is 0 Å². The van der Waals surface area contributed by atoms with Crippen molar-refractivity contribution in [2.75, 3.05) is 26.4 Å². The van der Waals surface area contributed by atoms with Crippen LogP contribution in [0.25, 0.3) is 0 Å². The number of rotatable bonds is 12. The summed E-state index contributed by atoms with van der Waals surface area (Å²) in [4.78, 5) is 12.0. The number of aryl methyl sites for hydroxylation is 1. The van der Waals surface area contributed by atoms with Gasteiger partial charge in [0.2, 0.25) is 0 Å². The number of ether oxygens (including phenoxy) is 2. The smallest absolute Gasteiger partial charge is 0.165 e. The molecule has 0 aliphatic rings. The van der Waals surface area contributed by atoms with Gasteiger partial charge in [-0.2, -0.15) is 0 Å². The first-order valence-electron chi connectivity index (χ1n) is 8.52. The molecule has 0 aliphatic carbocycles. The normalized spacial score (nSPS) is 11.0. The molecule has 1 aromatic carbocycles. The summed E-state index contributed by atoms with van der Waals surface area (Å²) in [6.45, 7) is 8.11. The highest BCUT2D eigenvalue weighted by atomic mass is 16.5. The van der Waals surface area contributed by atoms with E-state index in [-0.39, 0.29) is 18.3 Å². The van der Waals surface area contributed by atoms with Crippen LogP contribution in [0.5, 0.6) is 5.75 Å². The molecule has 0 fully saturated rings. The molecule has 0 unspecified atom stereocenters. The Balaban J connectivity index is 2.23. The van der Waals surface area contributed by atoms with Gasteiger partial charge in [-0.15, -0.1) is 0 Å². The summed E-state index contributed by atoms with van der Waals surface area (Å²) in [6, 6.07) is 5.66. The van der Waals surface area contributed by atoms with Gasteiger partial charge in [0.05, 0.1) is 6.61 Å². The molecule has 0 saturated heterocycles. The molecular formula is C19H30O4. The maximum absolute atomic E-state index is 12.0. The number of unbranched alkanes of at least 4 members (excludes halogenated alkanes) is 2. The van der Waals surface area contributed by atoms with Crippen LogP contribution in [0, 0.1) is 12.8 Å². The fourth-order valence-electron chi connectivity index (χ4n) is 2.23. The lowest BCUT2D eigenvalue weighted by Gasteiger charge is -2.11.